The number of carbonyl (C=O) groups excluding carboxylic acids is 4. The van der Waals surface area contributed by atoms with Crippen molar-refractivity contribution in [3.05, 3.63) is 84.5 Å². The zero-order valence-corrected chi connectivity index (χ0v) is 23.2. The van der Waals surface area contributed by atoms with Crippen LogP contribution >= 0.6 is 0 Å². The molecule has 0 aliphatic carbocycles. The molecule has 2 aromatic carbocycles. The van der Waals surface area contributed by atoms with Gasteiger partial charge in [0.05, 0.1) is 25.3 Å². The fraction of sp³-hybridized carbons (Fsp3) is 0.333. The largest absolute Gasteiger partial charge is 0.490 e. The Morgan fingerprint density at radius 3 is 1.85 bits per heavy atom. The lowest BCUT2D eigenvalue weighted by molar-refractivity contribution is -0.139. The summed E-state index contributed by atoms with van der Waals surface area (Å²) in [5, 5.41) is 2.50. The standard InChI is InChI=1S/C30H35NO10/c1-21(2)27(32)36-16-8-17-37-29(34)23-11-13-25(14-12-23)40-20-26(19-39-24-9-6-5-7-10-24)41-30(35)31-15-18-38-28(33)22(3)4/h5-7,9-14,26H,1,3,8,15-20H2,2,4H3,(H,31,35). The quantitative estimate of drug-likeness (QED) is 0.129. The molecule has 2 aromatic rings. The highest BCUT2D eigenvalue weighted by molar-refractivity contribution is 5.89. The van der Waals surface area contributed by atoms with Crippen molar-refractivity contribution in [2.45, 2.75) is 26.4 Å². The van der Waals surface area contributed by atoms with Gasteiger partial charge in [0.2, 0.25) is 0 Å². The number of alkyl carbamates (subject to hydrolysis) is 1. The fourth-order valence-corrected chi connectivity index (χ4v) is 2.91. The number of para-hydroxylation sites is 1. The first-order valence-electron chi connectivity index (χ1n) is 12.8. The molecule has 0 aliphatic rings. The summed E-state index contributed by atoms with van der Waals surface area (Å²) in [7, 11) is 0. The minimum atomic E-state index is -0.795. The van der Waals surface area contributed by atoms with Crippen LogP contribution in [0.5, 0.6) is 11.5 Å². The molecule has 0 saturated carbocycles. The first-order valence-corrected chi connectivity index (χ1v) is 12.8. The number of amides is 1. The summed E-state index contributed by atoms with van der Waals surface area (Å²) in [5.41, 5.74) is 0.864. The van der Waals surface area contributed by atoms with Gasteiger partial charge in [-0.1, -0.05) is 31.4 Å². The molecule has 0 fully saturated rings. The Morgan fingerprint density at radius 1 is 0.732 bits per heavy atom. The third-order valence-electron chi connectivity index (χ3n) is 5.04. The van der Waals surface area contributed by atoms with Crippen LogP contribution in [0.25, 0.3) is 0 Å². The van der Waals surface area contributed by atoms with Crippen LogP contribution in [0.2, 0.25) is 0 Å². The molecule has 0 heterocycles. The Labute approximate surface area is 239 Å². The van der Waals surface area contributed by atoms with Gasteiger partial charge in [-0.3, -0.25) is 0 Å². The van der Waals surface area contributed by atoms with Crippen LogP contribution in [0.15, 0.2) is 78.9 Å². The van der Waals surface area contributed by atoms with Crippen molar-refractivity contribution in [2.24, 2.45) is 0 Å². The van der Waals surface area contributed by atoms with Gasteiger partial charge in [0.1, 0.15) is 31.3 Å². The predicted molar refractivity (Wildman–Crippen MR) is 149 cm³/mol. The smallest absolute Gasteiger partial charge is 0.407 e. The van der Waals surface area contributed by atoms with Crippen LogP contribution in [0.3, 0.4) is 0 Å². The van der Waals surface area contributed by atoms with Crippen LogP contribution in [0.4, 0.5) is 4.79 Å². The normalized spacial score (nSPS) is 10.9. The lowest BCUT2D eigenvalue weighted by Gasteiger charge is -2.19. The number of hydrogen-bond donors (Lipinski definition) is 1. The van der Waals surface area contributed by atoms with Crippen molar-refractivity contribution < 1.29 is 47.6 Å². The molecule has 1 atom stereocenters. The van der Waals surface area contributed by atoms with E-state index in [9.17, 15) is 19.2 Å². The highest BCUT2D eigenvalue weighted by Crippen LogP contribution is 2.15. The maximum atomic E-state index is 12.3. The molecule has 220 valence electrons. The van der Waals surface area contributed by atoms with Crippen LogP contribution in [-0.4, -0.2) is 69.7 Å². The van der Waals surface area contributed by atoms with Crippen molar-refractivity contribution >= 4 is 24.0 Å². The number of hydrogen-bond acceptors (Lipinski definition) is 10. The molecule has 0 bridgehead atoms. The predicted octanol–water partition coefficient (Wildman–Crippen LogP) is 4.02. The number of benzene rings is 2. The summed E-state index contributed by atoms with van der Waals surface area (Å²) < 4.78 is 32.0. The van der Waals surface area contributed by atoms with Gasteiger partial charge in [-0.15, -0.1) is 0 Å². The molecule has 2 rings (SSSR count). The summed E-state index contributed by atoms with van der Waals surface area (Å²) in [6, 6.07) is 15.2. The van der Waals surface area contributed by atoms with E-state index in [2.05, 4.69) is 18.5 Å². The summed E-state index contributed by atoms with van der Waals surface area (Å²) in [5.74, 6) is -0.568. The molecule has 1 N–H and O–H groups in total. The van der Waals surface area contributed by atoms with Gasteiger partial charge >= 0.3 is 24.0 Å². The average Bonchev–Trinajstić information content (AvgIpc) is 2.96. The second kappa shape index (κ2) is 17.7. The van der Waals surface area contributed by atoms with E-state index >= 15 is 0 Å². The average molecular weight is 570 g/mol. The molecule has 41 heavy (non-hydrogen) atoms. The zero-order valence-electron chi connectivity index (χ0n) is 23.2. The number of rotatable bonds is 17. The second-order valence-electron chi connectivity index (χ2n) is 8.74. The molecule has 1 unspecified atom stereocenters. The monoisotopic (exact) mass is 569 g/mol. The summed E-state index contributed by atoms with van der Waals surface area (Å²) in [4.78, 5) is 47.3. The molecular formula is C30H35NO10. The first-order chi connectivity index (χ1) is 19.7. The van der Waals surface area contributed by atoms with Crippen molar-refractivity contribution in [1.29, 1.82) is 0 Å². The molecule has 0 spiro atoms. The van der Waals surface area contributed by atoms with E-state index in [1.54, 1.807) is 31.2 Å². The number of carbonyl (C=O) groups is 4. The third kappa shape index (κ3) is 13.2. The van der Waals surface area contributed by atoms with Gasteiger partial charge in [-0.25, -0.2) is 19.2 Å². The highest BCUT2D eigenvalue weighted by atomic mass is 16.6. The van der Waals surface area contributed by atoms with E-state index in [0.717, 1.165) is 0 Å². The first kappa shape index (κ1) is 32.4. The molecule has 0 aliphatic heterocycles. The van der Waals surface area contributed by atoms with Gasteiger partial charge in [0, 0.05) is 17.6 Å². The van der Waals surface area contributed by atoms with Crippen LogP contribution in [0.1, 0.15) is 30.6 Å². The van der Waals surface area contributed by atoms with Gasteiger partial charge < -0.3 is 33.7 Å². The van der Waals surface area contributed by atoms with E-state index in [-0.39, 0.29) is 45.2 Å². The topological polar surface area (TPSA) is 136 Å². The Morgan fingerprint density at radius 2 is 1.27 bits per heavy atom. The van der Waals surface area contributed by atoms with Crippen molar-refractivity contribution in [2.75, 3.05) is 39.6 Å². The van der Waals surface area contributed by atoms with E-state index in [1.165, 1.54) is 19.1 Å². The van der Waals surface area contributed by atoms with Gasteiger partial charge in [-0.2, -0.15) is 0 Å². The third-order valence-corrected chi connectivity index (χ3v) is 5.04. The van der Waals surface area contributed by atoms with Crippen molar-refractivity contribution in [3.8, 4) is 11.5 Å². The lowest BCUT2D eigenvalue weighted by atomic mass is 10.2. The Kier molecular flexibility index (Phi) is 14.0. The molecular weight excluding hydrogens is 534 g/mol. The van der Waals surface area contributed by atoms with E-state index in [4.69, 9.17) is 28.4 Å². The van der Waals surface area contributed by atoms with Gasteiger partial charge in [0.25, 0.3) is 0 Å². The van der Waals surface area contributed by atoms with Gasteiger partial charge in [0.15, 0.2) is 6.10 Å². The van der Waals surface area contributed by atoms with Crippen LogP contribution < -0.4 is 14.8 Å². The second-order valence-corrected chi connectivity index (χ2v) is 8.74. The zero-order chi connectivity index (χ0) is 30.0. The summed E-state index contributed by atoms with van der Waals surface area (Å²) in [6.07, 6.45) is -1.18. The van der Waals surface area contributed by atoms with Crippen molar-refractivity contribution in [1.82, 2.24) is 5.32 Å². The van der Waals surface area contributed by atoms with Crippen LogP contribution in [-0.2, 0) is 28.5 Å². The van der Waals surface area contributed by atoms with Crippen LogP contribution in [0, 0.1) is 0 Å². The Bertz CT molecular complexity index is 1180. The molecule has 0 aromatic heterocycles. The van der Waals surface area contributed by atoms with Gasteiger partial charge in [-0.05, 0) is 50.2 Å². The minimum Gasteiger partial charge on any atom is -0.490 e. The molecule has 11 nitrogen and oxygen atoms in total. The van der Waals surface area contributed by atoms with E-state index in [0.29, 0.717) is 29.1 Å². The lowest BCUT2D eigenvalue weighted by Crippen LogP contribution is -2.37. The highest BCUT2D eigenvalue weighted by Gasteiger charge is 2.17. The number of nitrogens with one attached hydrogen (secondary N) is 1. The van der Waals surface area contributed by atoms with E-state index in [1.807, 2.05) is 18.2 Å². The SMILES string of the molecule is C=C(C)C(=O)OCCCOC(=O)c1ccc(OCC(COc2ccccc2)OC(=O)NCCOC(=O)C(=C)C)cc1. The summed E-state index contributed by atoms with van der Waals surface area (Å²) in [6.45, 7) is 10.2. The maximum absolute atomic E-state index is 12.3. The number of ether oxygens (including phenoxy) is 6. The number of esters is 3. The fourth-order valence-electron chi connectivity index (χ4n) is 2.91. The summed E-state index contributed by atoms with van der Waals surface area (Å²) >= 11 is 0. The molecule has 1 amide bonds. The Hall–Kier alpha value is -4.80. The maximum Gasteiger partial charge on any atom is 0.407 e. The van der Waals surface area contributed by atoms with E-state index < -0.39 is 30.1 Å². The molecule has 11 heteroatoms. The Balaban J connectivity index is 1.83. The molecule has 0 saturated heterocycles. The molecule has 0 radical (unpaired) electrons. The minimum absolute atomic E-state index is 0.00810. The van der Waals surface area contributed by atoms with Crippen molar-refractivity contribution in [3.63, 3.8) is 0 Å².